The first-order valence-corrected chi connectivity index (χ1v) is 9.33. The van der Waals surface area contributed by atoms with Crippen LogP contribution in [0.5, 0.6) is 5.75 Å². The molecule has 0 spiro atoms. The Morgan fingerprint density at radius 3 is 2.48 bits per heavy atom. The van der Waals surface area contributed by atoms with Crippen LogP contribution in [0.2, 0.25) is 0 Å². The van der Waals surface area contributed by atoms with E-state index in [9.17, 15) is 4.21 Å². The number of unbranched alkanes of at least 4 members (excludes halogenated alkanes) is 1. The van der Waals surface area contributed by atoms with Gasteiger partial charge in [-0.25, -0.2) is 0 Å². The van der Waals surface area contributed by atoms with E-state index in [0.29, 0.717) is 6.42 Å². The van der Waals surface area contributed by atoms with Crippen molar-refractivity contribution < 1.29 is 17.7 Å². The SMILES string of the molecule is COc1ccc(CCCCNCCCOS(=O)(O)=S)cc1. The van der Waals surface area contributed by atoms with Crippen molar-refractivity contribution in [3.63, 3.8) is 0 Å². The molecular weight excluding hydrogens is 310 g/mol. The van der Waals surface area contributed by atoms with Gasteiger partial charge in [-0.15, -0.1) is 0 Å². The Balaban J connectivity index is 1.97. The summed E-state index contributed by atoms with van der Waals surface area (Å²) in [6.07, 6.45) is 3.93. The smallest absolute Gasteiger partial charge is 0.266 e. The molecule has 1 aromatic carbocycles. The van der Waals surface area contributed by atoms with Crippen LogP contribution >= 0.6 is 0 Å². The van der Waals surface area contributed by atoms with Gasteiger partial charge in [0.15, 0.2) is 0 Å². The van der Waals surface area contributed by atoms with Gasteiger partial charge in [-0.3, -0.25) is 8.74 Å². The monoisotopic (exact) mass is 333 g/mol. The zero-order chi connectivity index (χ0) is 15.6. The summed E-state index contributed by atoms with van der Waals surface area (Å²) in [5.74, 6) is 0.883. The van der Waals surface area contributed by atoms with Crippen molar-refractivity contribution in [2.45, 2.75) is 25.7 Å². The van der Waals surface area contributed by atoms with E-state index in [0.717, 1.165) is 38.1 Å². The highest BCUT2D eigenvalue weighted by Crippen LogP contribution is 2.12. The number of hydrogen-bond acceptors (Lipinski definition) is 5. The number of nitrogens with one attached hydrogen (secondary N) is 1. The minimum absolute atomic E-state index is 0.206. The molecule has 0 radical (unpaired) electrons. The number of ether oxygens (including phenoxy) is 1. The predicted molar refractivity (Wildman–Crippen MR) is 87.5 cm³/mol. The van der Waals surface area contributed by atoms with Crippen molar-refractivity contribution in [1.82, 2.24) is 5.32 Å². The van der Waals surface area contributed by atoms with Gasteiger partial charge in [-0.1, -0.05) is 12.1 Å². The van der Waals surface area contributed by atoms with Crippen molar-refractivity contribution in [2.24, 2.45) is 0 Å². The molecule has 0 aliphatic carbocycles. The molecule has 0 heterocycles. The Hall–Kier alpha value is -0.730. The molecule has 0 amide bonds. The maximum absolute atomic E-state index is 10.7. The molecule has 120 valence electrons. The lowest BCUT2D eigenvalue weighted by atomic mass is 10.1. The van der Waals surface area contributed by atoms with Crippen molar-refractivity contribution in [2.75, 3.05) is 26.8 Å². The average Bonchev–Trinajstić information content (AvgIpc) is 2.45. The average molecular weight is 333 g/mol. The summed E-state index contributed by atoms with van der Waals surface area (Å²) in [4.78, 5) is 0. The molecule has 1 rings (SSSR count). The van der Waals surface area contributed by atoms with E-state index >= 15 is 0 Å². The van der Waals surface area contributed by atoms with Crippen LogP contribution in [0.4, 0.5) is 0 Å². The standard InChI is InChI=1S/C14H23NO4S2/c1-18-14-8-6-13(7-9-14)5-2-3-10-15-11-4-12-19-21(16,17)20/h6-9,15H,2-5,10-12H2,1H3,(H,16,17,20). The number of aryl methyl sites for hydroxylation is 1. The number of rotatable bonds is 11. The van der Waals surface area contributed by atoms with E-state index in [1.807, 2.05) is 12.1 Å². The lowest BCUT2D eigenvalue weighted by molar-refractivity contribution is 0.297. The van der Waals surface area contributed by atoms with E-state index < -0.39 is 9.05 Å². The maximum Gasteiger partial charge on any atom is 0.266 e. The van der Waals surface area contributed by atoms with Gasteiger partial charge in [0.2, 0.25) is 0 Å². The topological polar surface area (TPSA) is 67.8 Å². The Morgan fingerprint density at radius 2 is 1.86 bits per heavy atom. The van der Waals surface area contributed by atoms with Crippen LogP contribution in [0, 0.1) is 0 Å². The Labute approximate surface area is 131 Å². The van der Waals surface area contributed by atoms with Crippen LogP contribution in [0.1, 0.15) is 24.8 Å². The lowest BCUT2D eigenvalue weighted by Crippen LogP contribution is -2.18. The van der Waals surface area contributed by atoms with Crippen LogP contribution in [0.15, 0.2) is 24.3 Å². The van der Waals surface area contributed by atoms with Crippen molar-refractivity contribution in [3.8, 4) is 5.75 Å². The zero-order valence-corrected chi connectivity index (χ0v) is 13.9. The highest BCUT2D eigenvalue weighted by Gasteiger charge is 1.99. The van der Waals surface area contributed by atoms with E-state index in [2.05, 4.69) is 32.8 Å². The fraction of sp³-hybridized carbons (Fsp3) is 0.571. The Bertz CT molecular complexity index is 488. The molecule has 0 saturated carbocycles. The largest absolute Gasteiger partial charge is 0.497 e. The third kappa shape index (κ3) is 9.76. The molecular formula is C14H23NO4S2. The van der Waals surface area contributed by atoms with E-state index in [1.165, 1.54) is 5.56 Å². The third-order valence-electron chi connectivity index (χ3n) is 2.96. The summed E-state index contributed by atoms with van der Waals surface area (Å²) in [5, 5.41) is 3.27. The molecule has 0 aromatic heterocycles. The summed E-state index contributed by atoms with van der Waals surface area (Å²) in [7, 11) is -1.80. The van der Waals surface area contributed by atoms with Gasteiger partial charge in [0.05, 0.1) is 13.7 Å². The summed E-state index contributed by atoms with van der Waals surface area (Å²) in [5.41, 5.74) is 1.31. The van der Waals surface area contributed by atoms with Gasteiger partial charge in [-0.2, -0.15) is 4.21 Å². The second kappa shape index (κ2) is 10.1. The van der Waals surface area contributed by atoms with E-state index in [-0.39, 0.29) is 6.61 Å². The highest BCUT2D eigenvalue weighted by atomic mass is 32.9. The van der Waals surface area contributed by atoms with Gasteiger partial charge >= 0.3 is 0 Å². The molecule has 0 saturated heterocycles. The summed E-state index contributed by atoms with van der Waals surface area (Å²) in [6, 6.07) is 8.13. The van der Waals surface area contributed by atoms with Gasteiger partial charge in [0.25, 0.3) is 9.05 Å². The third-order valence-corrected chi connectivity index (χ3v) is 3.71. The quantitative estimate of drug-likeness (QED) is 0.605. The van der Waals surface area contributed by atoms with E-state index in [4.69, 9.17) is 9.29 Å². The molecule has 0 aliphatic heterocycles. The van der Waals surface area contributed by atoms with Crippen LogP contribution in [0.3, 0.4) is 0 Å². The fourth-order valence-corrected chi connectivity index (χ4v) is 2.39. The minimum atomic E-state index is -3.46. The highest BCUT2D eigenvalue weighted by molar-refractivity contribution is 8.27. The minimum Gasteiger partial charge on any atom is -0.497 e. The molecule has 0 aliphatic rings. The molecule has 1 unspecified atom stereocenters. The summed E-state index contributed by atoms with van der Waals surface area (Å²) in [6.45, 7) is 1.89. The zero-order valence-electron chi connectivity index (χ0n) is 12.2. The van der Waals surface area contributed by atoms with Crippen molar-refractivity contribution in [1.29, 1.82) is 0 Å². The van der Waals surface area contributed by atoms with Crippen LogP contribution in [0.25, 0.3) is 0 Å². The van der Waals surface area contributed by atoms with Gasteiger partial charge in [0, 0.05) is 11.2 Å². The second-order valence-corrected chi connectivity index (χ2v) is 7.01. The van der Waals surface area contributed by atoms with Crippen molar-refractivity contribution >= 4 is 20.2 Å². The first-order valence-electron chi connectivity index (χ1n) is 6.97. The first kappa shape index (κ1) is 18.3. The number of hydrogen-bond donors (Lipinski definition) is 2. The number of methoxy groups -OCH3 is 1. The molecule has 0 fully saturated rings. The summed E-state index contributed by atoms with van der Waals surface area (Å²) >= 11 is 4.22. The first-order chi connectivity index (χ1) is 10.0. The fourth-order valence-electron chi connectivity index (χ4n) is 1.86. The normalized spacial score (nSPS) is 13.8. The molecule has 7 heteroatoms. The molecule has 1 atom stereocenters. The molecule has 1 aromatic rings. The maximum atomic E-state index is 10.7. The van der Waals surface area contributed by atoms with Gasteiger partial charge < -0.3 is 10.1 Å². The molecule has 0 bridgehead atoms. The summed E-state index contributed by atoms with van der Waals surface area (Å²) < 4.78 is 29.1. The van der Waals surface area contributed by atoms with Crippen LogP contribution in [-0.2, 0) is 30.8 Å². The van der Waals surface area contributed by atoms with Crippen molar-refractivity contribution in [3.05, 3.63) is 29.8 Å². The second-order valence-electron chi connectivity index (χ2n) is 4.66. The molecule has 2 N–H and O–H groups in total. The lowest BCUT2D eigenvalue weighted by Gasteiger charge is -2.06. The predicted octanol–water partition coefficient (Wildman–Crippen LogP) is 2.15. The van der Waals surface area contributed by atoms with Gasteiger partial charge in [-0.05, 0) is 56.5 Å². The van der Waals surface area contributed by atoms with Gasteiger partial charge in [0.1, 0.15) is 5.75 Å². The Kier molecular flexibility index (Phi) is 8.79. The Morgan fingerprint density at radius 1 is 1.19 bits per heavy atom. The van der Waals surface area contributed by atoms with Crippen LogP contribution < -0.4 is 10.1 Å². The van der Waals surface area contributed by atoms with E-state index in [1.54, 1.807) is 7.11 Å². The molecule has 21 heavy (non-hydrogen) atoms. The van der Waals surface area contributed by atoms with Crippen LogP contribution in [-0.4, -0.2) is 35.6 Å². The molecule has 5 nitrogen and oxygen atoms in total. The number of benzene rings is 1.